The van der Waals surface area contributed by atoms with E-state index in [1.807, 2.05) is 19.9 Å². The van der Waals surface area contributed by atoms with E-state index in [9.17, 15) is 0 Å². The van der Waals surface area contributed by atoms with Gasteiger partial charge in [0, 0.05) is 17.1 Å². The molecule has 0 saturated heterocycles. The molecule has 0 aromatic heterocycles. The molecule has 2 nitrogen and oxygen atoms in total. The van der Waals surface area contributed by atoms with Crippen LogP contribution in [0, 0.1) is 11.3 Å². The molecular weight excluding hydrogens is 256 g/mol. The lowest BCUT2D eigenvalue weighted by molar-refractivity contribution is 0.584. The summed E-state index contributed by atoms with van der Waals surface area (Å²) in [6.07, 6.45) is 3.73. The molecule has 0 fully saturated rings. The molecule has 0 saturated carbocycles. The fourth-order valence-corrected chi connectivity index (χ4v) is 1.72. The first-order chi connectivity index (χ1) is 9.50. The summed E-state index contributed by atoms with van der Waals surface area (Å²) in [5.74, 6) is 0.350. The monoisotopic (exact) mass is 288 g/mol. The number of hydrogen-bond acceptors (Lipinski definition) is 2. The largest absolute Gasteiger partial charge is 0.261 e. The molecule has 0 aliphatic carbocycles. The molecule has 0 aliphatic rings. The Hall–Kier alpha value is -1.44. The first-order valence-electron chi connectivity index (χ1n) is 7.62. The van der Waals surface area contributed by atoms with Crippen molar-refractivity contribution in [2.75, 3.05) is 0 Å². The van der Waals surface area contributed by atoms with Gasteiger partial charge in [-0.3, -0.25) is 9.98 Å². The summed E-state index contributed by atoms with van der Waals surface area (Å²) >= 11 is 0. The van der Waals surface area contributed by atoms with Crippen molar-refractivity contribution in [3.05, 3.63) is 35.7 Å². The van der Waals surface area contributed by atoms with Crippen LogP contribution in [-0.2, 0) is 0 Å². The topological polar surface area (TPSA) is 24.7 Å². The average Bonchev–Trinajstić information content (AvgIpc) is 2.32. The van der Waals surface area contributed by atoms with E-state index in [0.717, 1.165) is 28.4 Å². The van der Waals surface area contributed by atoms with Crippen molar-refractivity contribution in [1.82, 2.24) is 0 Å². The maximum atomic E-state index is 4.91. The Bertz CT molecular complexity index is 488. The zero-order chi connectivity index (χ0) is 16.8. The molecule has 0 unspecified atom stereocenters. The summed E-state index contributed by atoms with van der Waals surface area (Å²) in [6.45, 7) is 22.9. The average molecular weight is 288 g/mol. The fraction of sp³-hybridized carbons (Fsp3) is 0.579. The molecule has 0 radical (unpaired) electrons. The number of nitrogens with zero attached hydrogens (tertiary/aromatic N) is 2. The highest BCUT2D eigenvalue weighted by Crippen LogP contribution is 2.26. The quantitative estimate of drug-likeness (QED) is 0.439. The van der Waals surface area contributed by atoms with E-state index in [1.165, 1.54) is 0 Å². The lowest BCUT2D eigenvalue weighted by Crippen LogP contribution is -2.17. The summed E-state index contributed by atoms with van der Waals surface area (Å²) in [4.78, 5) is 9.53. The Morgan fingerprint density at radius 3 is 1.86 bits per heavy atom. The summed E-state index contributed by atoms with van der Waals surface area (Å²) < 4.78 is 0. The van der Waals surface area contributed by atoms with Crippen LogP contribution in [0.4, 0.5) is 0 Å². The maximum Gasteiger partial charge on any atom is 0.0675 e. The summed E-state index contributed by atoms with van der Waals surface area (Å²) in [5, 5.41) is 0. The van der Waals surface area contributed by atoms with Crippen LogP contribution in [0.15, 0.2) is 45.7 Å². The van der Waals surface area contributed by atoms with Crippen LogP contribution in [0.1, 0.15) is 62.3 Å². The van der Waals surface area contributed by atoms with Crippen molar-refractivity contribution in [1.29, 1.82) is 0 Å². The number of aliphatic imine (C=N–C) groups is 2. The van der Waals surface area contributed by atoms with E-state index >= 15 is 0 Å². The second kappa shape index (κ2) is 8.11. The minimum Gasteiger partial charge on any atom is -0.261 e. The van der Waals surface area contributed by atoms with Crippen molar-refractivity contribution >= 4 is 11.4 Å². The third-order valence-corrected chi connectivity index (χ3v) is 3.31. The predicted molar refractivity (Wildman–Crippen MR) is 97.2 cm³/mol. The van der Waals surface area contributed by atoms with Crippen molar-refractivity contribution in [3.63, 3.8) is 0 Å². The van der Waals surface area contributed by atoms with Crippen LogP contribution in [-0.4, -0.2) is 11.4 Å². The number of allylic oxidation sites excluding steroid dienone is 4. The van der Waals surface area contributed by atoms with Crippen LogP contribution in [0.2, 0.25) is 0 Å². The number of rotatable bonds is 5. The standard InChI is InChI=1S/C19H32N2/c1-11-12-17(20-14(4)5)15(6)18(13(2)3)21-16(7)19(8,9)10/h11-13H,1H2,2-10H3/b17-12-,18-15+,21-16?. The second-order valence-corrected chi connectivity index (χ2v) is 6.96. The Balaban J connectivity index is 6.09. The number of hydrogen-bond donors (Lipinski definition) is 0. The highest BCUT2D eigenvalue weighted by Gasteiger charge is 2.17. The highest BCUT2D eigenvalue weighted by atomic mass is 14.8. The van der Waals surface area contributed by atoms with Gasteiger partial charge in [0.15, 0.2) is 0 Å². The molecule has 0 N–H and O–H groups in total. The molecular formula is C19H32N2. The molecule has 0 aliphatic heterocycles. The van der Waals surface area contributed by atoms with Gasteiger partial charge in [-0.1, -0.05) is 47.3 Å². The van der Waals surface area contributed by atoms with Crippen molar-refractivity contribution < 1.29 is 0 Å². The van der Waals surface area contributed by atoms with Gasteiger partial charge in [0.1, 0.15) is 0 Å². The summed E-state index contributed by atoms with van der Waals surface area (Å²) in [7, 11) is 0. The first-order valence-corrected chi connectivity index (χ1v) is 7.62. The lowest BCUT2D eigenvalue weighted by atomic mass is 9.90. The van der Waals surface area contributed by atoms with Crippen LogP contribution in [0.3, 0.4) is 0 Å². The second-order valence-electron chi connectivity index (χ2n) is 6.96. The smallest absolute Gasteiger partial charge is 0.0675 e. The molecule has 118 valence electrons. The molecule has 0 spiro atoms. The van der Waals surface area contributed by atoms with E-state index in [0.29, 0.717) is 5.92 Å². The Labute approximate surface area is 131 Å². The van der Waals surface area contributed by atoms with Crippen LogP contribution >= 0.6 is 0 Å². The molecule has 2 heteroatoms. The fourth-order valence-electron chi connectivity index (χ4n) is 1.72. The summed E-state index contributed by atoms with van der Waals surface area (Å²) in [6, 6.07) is 0. The lowest BCUT2D eigenvalue weighted by Gasteiger charge is -2.21. The van der Waals surface area contributed by atoms with Crippen LogP contribution in [0.25, 0.3) is 0 Å². The van der Waals surface area contributed by atoms with Gasteiger partial charge in [-0.15, -0.1) is 0 Å². The van der Waals surface area contributed by atoms with E-state index < -0.39 is 0 Å². The predicted octanol–water partition coefficient (Wildman–Crippen LogP) is 5.97. The summed E-state index contributed by atoms with van der Waals surface area (Å²) in [5.41, 5.74) is 5.41. The van der Waals surface area contributed by atoms with Crippen molar-refractivity contribution in [3.8, 4) is 0 Å². The van der Waals surface area contributed by atoms with Gasteiger partial charge in [-0.25, -0.2) is 0 Å². The van der Waals surface area contributed by atoms with Crippen LogP contribution in [0.5, 0.6) is 0 Å². The van der Waals surface area contributed by atoms with Gasteiger partial charge in [-0.05, 0) is 50.7 Å². The van der Waals surface area contributed by atoms with Crippen molar-refractivity contribution in [2.45, 2.75) is 62.3 Å². The minimum absolute atomic E-state index is 0.0761. The Kier molecular flexibility index (Phi) is 7.56. The maximum absolute atomic E-state index is 4.91. The molecule has 0 atom stereocenters. The third-order valence-electron chi connectivity index (χ3n) is 3.31. The van der Waals surface area contributed by atoms with Gasteiger partial charge in [-0.2, -0.15) is 0 Å². The first kappa shape index (κ1) is 19.6. The molecule has 0 bridgehead atoms. The molecule has 0 aromatic rings. The normalized spacial score (nSPS) is 15.0. The van der Waals surface area contributed by atoms with Gasteiger partial charge in [0.2, 0.25) is 0 Å². The van der Waals surface area contributed by atoms with E-state index in [-0.39, 0.29) is 5.41 Å². The van der Waals surface area contributed by atoms with Gasteiger partial charge >= 0.3 is 0 Å². The van der Waals surface area contributed by atoms with Gasteiger partial charge < -0.3 is 0 Å². The molecule has 21 heavy (non-hydrogen) atoms. The van der Waals surface area contributed by atoms with E-state index in [4.69, 9.17) is 4.99 Å². The van der Waals surface area contributed by atoms with E-state index in [1.54, 1.807) is 6.08 Å². The zero-order valence-electron chi connectivity index (χ0n) is 15.3. The molecule has 0 aromatic carbocycles. The Morgan fingerprint density at radius 1 is 1.00 bits per heavy atom. The highest BCUT2D eigenvalue weighted by molar-refractivity contribution is 5.88. The van der Waals surface area contributed by atoms with Crippen LogP contribution < -0.4 is 0 Å². The van der Waals surface area contributed by atoms with E-state index in [2.05, 4.69) is 60.0 Å². The molecule has 0 rings (SSSR count). The third kappa shape index (κ3) is 6.70. The van der Waals surface area contributed by atoms with Gasteiger partial charge in [0.25, 0.3) is 0 Å². The van der Waals surface area contributed by atoms with Crippen molar-refractivity contribution in [2.24, 2.45) is 21.3 Å². The minimum atomic E-state index is 0.0761. The van der Waals surface area contributed by atoms with Gasteiger partial charge in [0.05, 0.1) is 5.70 Å². The molecule has 0 heterocycles. The zero-order valence-corrected chi connectivity index (χ0v) is 15.3. The molecule has 0 amide bonds. The SMILES string of the molecule is C=C/C=C(N=C(C)C)/C(C)=C(/N=C(C)C(C)(C)C)C(C)C. The Morgan fingerprint density at radius 2 is 1.52 bits per heavy atom.